The Balaban J connectivity index is 1.09. The molecule has 4 heteroatoms. The van der Waals surface area contributed by atoms with Gasteiger partial charge in [-0.2, -0.15) is 0 Å². The number of hydrogen-bond donors (Lipinski definition) is 0. The predicted octanol–water partition coefficient (Wildman–Crippen LogP) is 17.0. The van der Waals surface area contributed by atoms with Gasteiger partial charge in [0.1, 0.15) is 0 Å². The summed E-state index contributed by atoms with van der Waals surface area (Å²) in [5.74, 6) is 0. The van der Waals surface area contributed by atoms with E-state index in [9.17, 15) is 0 Å². The molecule has 15 rings (SSSR count). The van der Waals surface area contributed by atoms with Crippen LogP contribution in [0.15, 0.2) is 218 Å². The number of nitrogens with zero attached hydrogens (tertiary/aromatic N) is 4. The Labute approximate surface area is 405 Å². The van der Waals surface area contributed by atoms with E-state index in [1.165, 1.54) is 132 Å². The number of para-hydroxylation sites is 8. The summed E-state index contributed by atoms with van der Waals surface area (Å²) in [4.78, 5) is 0. The lowest BCUT2D eigenvalue weighted by Gasteiger charge is -2.45. The zero-order valence-corrected chi connectivity index (χ0v) is 39.6. The highest BCUT2D eigenvalue weighted by Gasteiger charge is 2.44. The smallest absolute Gasteiger partial charge is 0.0706 e. The monoisotopic (exact) mass is 896 g/mol. The zero-order valence-electron chi connectivity index (χ0n) is 39.6. The van der Waals surface area contributed by atoms with Gasteiger partial charge in [0.25, 0.3) is 0 Å². The molecule has 0 aliphatic heterocycles. The number of fused-ring (bicyclic) bond motifs is 14. The van der Waals surface area contributed by atoms with Gasteiger partial charge < -0.3 is 18.3 Å². The minimum Gasteiger partial charge on any atom is -0.307 e. The molecule has 0 N–H and O–H groups in total. The normalized spacial score (nSPS) is 14.2. The highest BCUT2D eigenvalue weighted by Crippen LogP contribution is 2.54. The summed E-state index contributed by atoms with van der Waals surface area (Å²) in [6.45, 7) is 9.86. The molecular formula is C66H48N4. The van der Waals surface area contributed by atoms with Gasteiger partial charge >= 0.3 is 0 Å². The average Bonchev–Trinajstić information content (AvgIpc) is 4.13. The lowest BCUT2D eigenvalue weighted by molar-refractivity contribution is 0.519. The van der Waals surface area contributed by atoms with Crippen molar-refractivity contribution < 1.29 is 0 Å². The molecule has 4 nitrogen and oxygen atoms in total. The van der Waals surface area contributed by atoms with Gasteiger partial charge in [-0.25, -0.2) is 0 Å². The van der Waals surface area contributed by atoms with Gasteiger partial charge in [0, 0.05) is 53.9 Å². The first-order valence-electron chi connectivity index (χ1n) is 24.6. The van der Waals surface area contributed by atoms with Crippen molar-refractivity contribution in [1.29, 1.82) is 0 Å². The minimum atomic E-state index is -0.417. The van der Waals surface area contributed by atoms with E-state index in [4.69, 9.17) is 0 Å². The maximum absolute atomic E-state index is 2.57. The molecule has 0 amide bonds. The second kappa shape index (κ2) is 14.0. The molecule has 0 atom stereocenters. The van der Waals surface area contributed by atoms with Crippen molar-refractivity contribution in [3.05, 3.63) is 241 Å². The van der Waals surface area contributed by atoms with Crippen molar-refractivity contribution in [2.45, 2.75) is 38.5 Å². The summed E-state index contributed by atoms with van der Waals surface area (Å²) in [5, 5.41) is 10.0. The van der Waals surface area contributed by atoms with Gasteiger partial charge in [0.05, 0.1) is 66.9 Å². The number of benzene rings is 10. The van der Waals surface area contributed by atoms with Crippen molar-refractivity contribution in [3.63, 3.8) is 0 Å². The van der Waals surface area contributed by atoms with E-state index in [0.29, 0.717) is 0 Å². The number of hydrogen-bond acceptors (Lipinski definition) is 0. The number of aromatic nitrogens is 4. The first-order valence-corrected chi connectivity index (χ1v) is 24.6. The fourth-order valence-corrected chi connectivity index (χ4v) is 13.0. The third kappa shape index (κ3) is 5.10. The van der Waals surface area contributed by atoms with E-state index >= 15 is 0 Å². The van der Waals surface area contributed by atoms with E-state index in [-0.39, 0.29) is 0 Å². The highest BCUT2D eigenvalue weighted by molar-refractivity contribution is 6.13. The van der Waals surface area contributed by atoms with Crippen LogP contribution in [0.2, 0.25) is 0 Å². The van der Waals surface area contributed by atoms with Crippen LogP contribution in [0.4, 0.5) is 0 Å². The zero-order chi connectivity index (χ0) is 46.6. The van der Waals surface area contributed by atoms with E-state index in [1.54, 1.807) is 0 Å². The van der Waals surface area contributed by atoms with Crippen molar-refractivity contribution >= 4 is 87.2 Å². The fraction of sp³-hybridized carbons (Fsp3) is 0.0909. The molecule has 10 aromatic carbocycles. The van der Waals surface area contributed by atoms with Crippen LogP contribution in [-0.4, -0.2) is 18.3 Å². The first-order chi connectivity index (χ1) is 34.3. The van der Waals surface area contributed by atoms with E-state index in [0.717, 1.165) is 0 Å². The molecule has 0 radical (unpaired) electrons. The quantitative estimate of drug-likeness (QED) is 0.168. The Morgan fingerprint density at radius 2 is 0.357 bits per heavy atom. The van der Waals surface area contributed by atoms with Gasteiger partial charge in [-0.15, -0.1) is 0 Å². The standard InChI is InChI=1S/C66H48N4/c1-65(2)49-37-61(67-53-29-13-5-21-41(53)42-22-6-14-30-54(42)67)63(69-57-33-17-9-25-45(57)46-26-10-18-34-58(46)69)39-51(49)66(3,4)52-40-64(70-59-35-19-11-27-47(59)48-28-12-20-36-60(48)70)62(38-50(52)65)68-55-31-15-7-23-43(55)44-24-8-16-32-56(44)68/h5-40H,1-4H3. The molecule has 332 valence electrons. The molecule has 0 unspecified atom stereocenters. The first kappa shape index (κ1) is 39.4. The summed E-state index contributed by atoms with van der Waals surface area (Å²) >= 11 is 0. The van der Waals surface area contributed by atoms with Gasteiger partial charge in [-0.3, -0.25) is 0 Å². The molecule has 1 aliphatic rings. The maximum Gasteiger partial charge on any atom is 0.0706 e. The second-order valence-corrected chi connectivity index (χ2v) is 20.5. The van der Waals surface area contributed by atoms with Crippen LogP contribution < -0.4 is 0 Å². The summed E-state index contributed by atoms with van der Waals surface area (Å²) in [5.41, 5.74) is 18.8. The lowest BCUT2D eigenvalue weighted by Crippen LogP contribution is -2.37. The highest BCUT2D eigenvalue weighted by atomic mass is 15.1. The Morgan fingerprint density at radius 3 is 0.514 bits per heavy atom. The molecule has 0 spiro atoms. The molecule has 0 fully saturated rings. The van der Waals surface area contributed by atoms with E-state index < -0.39 is 10.8 Å². The molecule has 4 heterocycles. The van der Waals surface area contributed by atoms with Crippen LogP contribution in [0.25, 0.3) is 110 Å². The van der Waals surface area contributed by atoms with Crippen molar-refractivity contribution in [1.82, 2.24) is 18.3 Å². The van der Waals surface area contributed by atoms with Crippen molar-refractivity contribution in [2.75, 3.05) is 0 Å². The molecule has 0 saturated heterocycles. The Hall–Kier alpha value is -8.60. The second-order valence-electron chi connectivity index (χ2n) is 20.5. The van der Waals surface area contributed by atoms with Crippen molar-refractivity contribution in [3.8, 4) is 22.7 Å². The van der Waals surface area contributed by atoms with Crippen LogP contribution in [0.3, 0.4) is 0 Å². The third-order valence-corrected chi connectivity index (χ3v) is 16.2. The summed E-state index contributed by atoms with van der Waals surface area (Å²) in [7, 11) is 0. The molecular weight excluding hydrogens is 849 g/mol. The Bertz CT molecular complexity index is 3750. The predicted molar refractivity (Wildman–Crippen MR) is 294 cm³/mol. The molecule has 1 aliphatic carbocycles. The van der Waals surface area contributed by atoms with Crippen molar-refractivity contribution in [2.24, 2.45) is 0 Å². The summed E-state index contributed by atoms with van der Waals surface area (Å²) in [6.07, 6.45) is 0. The minimum absolute atomic E-state index is 0.417. The van der Waals surface area contributed by atoms with E-state index in [1.807, 2.05) is 0 Å². The average molecular weight is 897 g/mol. The van der Waals surface area contributed by atoms with Gasteiger partial charge in [-0.05, 0) is 95.1 Å². The van der Waals surface area contributed by atoms with Crippen LogP contribution in [0, 0.1) is 0 Å². The summed E-state index contributed by atoms with van der Waals surface area (Å²) in [6, 6.07) is 81.7. The van der Waals surface area contributed by atoms with Crippen LogP contribution in [-0.2, 0) is 10.8 Å². The van der Waals surface area contributed by atoms with Gasteiger partial charge in [0.2, 0.25) is 0 Å². The van der Waals surface area contributed by atoms with Crippen LogP contribution in [0.5, 0.6) is 0 Å². The molecule has 0 bridgehead atoms. The summed E-state index contributed by atoms with van der Waals surface area (Å²) < 4.78 is 10.2. The SMILES string of the molecule is CC1(C)c2cc(-n3c4ccccc4c4ccccc43)c(-n3c4ccccc4c4ccccc43)cc2C(C)(C)c2cc(-n3c4ccccc4c4ccccc43)c(-n3c4ccccc4c4ccccc43)cc21. The van der Waals surface area contributed by atoms with Gasteiger partial charge in [-0.1, -0.05) is 173 Å². The fourth-order valence-electron chi connectivity index (χ4n) is 13.0. The van der Waals surface area contributed by atoms with Crippen LogP contribution in [0.1, 0.15) is 49.9 Å². The molecule has 0 saturated carbocycles. The topological polar surface area (TPSA) is 19.7 Å². The molecule has 4 aromatic heterocycles. The number of rotatable bonds is 4. The lowest BCUT2D eigenvalue weighted by atomic mass is 9.59. The maximum atomic E-state index is 2.57. The Kier molecular flexibility index (Phi) is 7.88. The van der Waals surface area contributed by atoms with Gasteiger partial charge in [0.15, 0.2) is 0 Å². The molecule has 70 heavy (non-hydrogen) atoms. The molecule has 14 aromatic rings. The third-order valence-electron chi connectivity index (χ3n) is 16.2. The Morgan fingerprint density at radius 1 is 0.214 bits per heavy atom. The largest absolute Gasteiger partial charge is 0.307 e. The van der Waals surface area contributed by atoms with Crippen LogP contribution >= 0.6 is 0 Å². The van der Waals surface area contributed by atoms with E-state index in [2.05, 4.69) is 264 Å².